The summed E-state index contributed by atoms with van der Waals surface area (Å²) >= 11 is 1.26. The van der Waals surface area contributed by atoms with E-state index in [1.54, 1.807) is 53.4 Å². The van der Waals surface area contributed by atoms with Gasteiger partial charge in [0.05, 0.1) is 17.0 Å². The Morgan fingerprint density at radius 1 is 0.914 bits per heavy atom. The summed E-state index contributed by atoms with van der Waals surface area (Å²) in [4.78, 5) is 51.9. The lowest BCUT2D eigenvalue weighted by atomic mass is 10.1. The maximum atomic E-state index is 12.8. The van der Waals surface area contributed by atoms with E-state index in [2.05, 4.69) is 5.32 Å². The number of carbonyl (C=O) groups is 4. The Kier molecular flexibility index (Phi) is 7.62. The van der Waals surface area contributed by atoms with E-state index in [4.69, 9.17) is 4.74 Å². The van der Waals surface area contributed by atoms with Crippen LogP contribution in [0.2, 0.25) is 0 Å². The lowest BCUT2D eigenvalue weighted by molar-refractivity contribution is -0.119. The molecule has 8 heteroatoms. The molecule has 1 aliphatic rings. The standard InChI is InChI=1S/C27H24N2O5S/c1-18(30)20-9-3-5-11-22(20)28-25(31)16-34-27(33)21-10-4-7-13-24(21)35-17-26(32)29-15-14-19-8-2-6-12-23(19)29/h2-13H,14-17H2,1H3,(H,28,31). The van der Waals surface area contributed by atoms with Crippen molar-refractivity contribution in [2.45, 2.75) is 18.2 Å². The highest BCUT2D eigenvalue weighted by molar-refractivity contribution is 8.00. The van der Waals surface area contributed by atoms with E-state index < -0.39 is 18.5 Å². The number of hydrogen-bond donors (Lipinski definition) is 1. The topological polar surface area (TPSA) is 92.8 Å². The Hall–Kier alpha value is -3.91. The molecule has 0 spiro atoms. The molecule has 4 rings (SSSR count). The summed E-state index contributed by atoms with van der Waals surface area (Å²) in [6.07, 6.45) is 0.828. The molecule has 0 radical (unpaired) electrons. The number of benzene rings is 3. The van der Waals surface area contributed by atoms with Gasteiger partial charge in [0.1, 0.15) is 0 Å². The average molecular weight is 489 g/mol. The number of esters is 1. The fourth-order valence-corrected chi connectivity index (χ4v) is 4.79. The van der Waals surface area contributed by atoms with E-state index in [0.717, 1.165) is 17.7 Å². The van der Waals surface area contributed by atoms with Crippen molar-refractivity contribution in [3.8, 4) is 0 Å². The molecular formula is C27H24N2O5S. The second-order valence-corrected chi connectivity index (χ2v) is 8.95. The third-order valence-electron chi connectivity index (χ3n) is 5.56. The van der Waals surface area contributed by atoms with Gasteiger partial charge in [-0.1, -0.05) is 42.5 Å². The van der Waals surface area contributed by atoms with Crippen LogP contribution in [0.4, 0.5) is 11.4 Å². The van der Waals surface area contributed by atoms with Crippen LogP contribution < -0.4 is 10.2 Å². The minimum absolute atomic E-state index is 0.0355. The van der Waals surface area contributed by atoms with Crippen molar-refractivity contribution in [3.05, 3.63) is 89.5 Å². The van der Waals surface area contributed by atoms with Crippen LogP contribution in [0.3, 0.4) is 0 Å². The van der Waals surface area contributed by atoms with Gasteiger partial charge in [0.25, 0.3) is 5.91 Å². The summed E-state index contributed by atoms with van der Waals surface area (Å²) in [7, 11) is 0. The van der Waals surface area contributed by atoms with Gasteiger partial charge in [0.15, 0.2) is 12.4 Å². The summed E-state index contributed by atoms with van der Waals surface area (Å²) in [5.74, 6) is -1.27. The third-order valence-corrected chi connectivity index (χ3v) is 6.62. The number of carbonyl (C=O) groups excluding carboxylic acids is 4. The Balaban J connectivity index is 1.35. The fourth-order valence-electron chi connectivity index (χ4n) is 3.87. The largest absolute Gasteiger partial charge is 0.452 e. The van der Waals surface area contributed by atoms with Crippen molar-refractivity contribution in [1.29, 1.82) is 0 Å². The van der Waals surface area contributed by atoms with E-state index in [9.17, 15) is 19.2 Å². The molecule has 0 aliphatic carbocycles. The van der Waals surface area contributed by atoms with Crippen LogP contribution in [0.5, 0.6) is 0 Å². The Labute approximate surface area is 207 Å². The first kappa shape index (κ1) is 24.2. The zero-order valence-corrected chi connectivity index (χ0v) is 20.0. The van der Waals surface area contributed by atoms with Crippen LogP contribution in [0, 0.1) is 0 Å². The first-order chi connectivity index (χ1) is 16.9. The van der Waals surface area contributed by atoms with Crippen molar-refractivity contribution >= 4 is 46.7 Å². The lowest BCUT2D eigenvalue weighted by Gasteiger charge is -2.17. The van der Waals surface area contributed by atoms with Gasteiger partial charge in [-0.25, -0.2) is 4.79 Å². The second kappa shape index (κ2) is 11.0. The number of fused-ring (bicyclic) bond motifs is 1. The number of amides is 2. The van der Waals surface area contributed by atoms with Crippen molar-refractivity contribution in [2.75, 3.05) is 29.1 Å². The van der Waals surface area contributed by atoms with Crippen molar-refractivity contribution in [3.63, 3.8) is 0 Å². The van der Waals surface area contributed by atoms with Crippen LogP contribution in [-0.4, -0.2) is 42.5 Å². The monoisotopic (exact) mass is 488 g/mol. The van der Waals surface area contributed by atoms with Gasteiger partial charge >= 0.3 is 5.97 Å². The fraction of sp³-hybridized carbons (Fsp3) is 0.185. The predicted octanol–water partition coefficient (Wildman–Crippen LogP) is 4.37. The van der Waals surface area contributed by atoms with Crippen LogP contribution in [0.25, 0.3) is 0 Å². The van der Waals surface area contributed by atoms with E-state index >= 15 is 0 Å². The number of thioether (sulfide) groups is 1. The minimum atomic E-state index is -0.665. The second-order valence-electron chi connectivity index (χ2n) is 7.94. The zero-order valence-electron chi connectivity index (χ0n) is 19.2. The van der Waals surface area contributed by atoms with Crippen molar-refractivity contribution < 1.29 is 23.9 Å². The Morgan fingerprint density at radius 2 is 1.60 bits per heavy atom. The summed E-state index contributed by atoms with van der Waals surface area (Å²) in [5, 5.41) is 2.60. The van der Waals surface area contributed by atoms with Gasteiger partial charge in [0.2, 0.25) is 5.91 Å². The number of ether oxygens (including phenoxy) is 1. The first-order valence-corrected chi connectivity index (χ1v) is 12.1. The molecule has 35 heavy (non-hydrogen) atoms. The number of hydrogen-bond acceptors (Lipinski definition) is 6. The number of rotatable bonds is 8. The highest BCUT2D eigenvalue weighted by atomic mass is 32.2. The smallest absolute Gasteiger partial charge is 0.339 e. The molecule has 7 nitrogen and oxygen atoms in total. The van der Waals surface area contributed by atoms with Crippen molar-refractivity contribution in [2.24, 2.45) is 0 Å². The molecule has 3 aromatic carbocycles. The number of ketones is 1. The maximum Gasteiger partial charge on any atom is 0.339 e. The van der Waals surface area contributed by atoms with Gasteiger partial charge in [-0.05, 0) is 49.2 Å². The zero-order chi connectivity index (χ0) is 24.8. The maximum absolute atomic E-state index is 12.8. The van der Waals surface area contributed by atoms with E-state index in [1.807, 2.05) is 24.3 Å². The predicted molar refractivity (Wildman–Crippen MR) is 135 cm³/mol. The first-order valence-electron chi connectivity index (χ1n) is 11.1. The van der Waals surface area contributed by atoms with Crippen LogP contribution in [0.15, 0.2) is 77.7 Å². The molecule has 0 bridgehead atoms. The Bertz CT molecular complexity index is 1290. The summed E-state index contributed by atoms with van der Waals surface area (Å²) in [6.45, 7) is 1.55. The van der Waals surface area contributed by atoms with E-state index in [1.165, 1.54) is 18.7 Å². The van der Waals surface area contributed by atoms with Crippen molar-refractivity contribution in [1.82, 2.24) is 0 Å². The molecule has 1 heterocycles. The third kappa shape index (κ3) is 5.78. The van der Waals surface area contributed by atoms with Gasteiger partial charge < -0.3 is 15.0 Å². The molecule has 0 atom stereocenters. The van der Waals surface area contributed by atoms with Crippen LogP contribution in [0.1, 0.15) is 33.2 Å². The molecule has 3 aromatic rings. The number of nitrogens with one attached hydrogen (secondary N) is 1. The van der Waals surface area contributed by atoms with Crippen LogP contribution >= 0.6 is 11.8 Å². The normalized spacial score (nSPS) is 12.1. The highest BCUT2D eigenvalue weighted by Gasteiger charge is 2.24. The number of nitrogens with zero attached hydrogens (tertiary/aromatic N) is 1. The molecule has 0 saturated carbocycles. The van der Waals surface area contributed by atoms with E-state index in [0.29, 0.717) is 22.7 Å². The molecule has 1 aliphatic heterocycles. The molecular weight excluding hydrogens is 464 g/mol. The summed E-state index contributed by atoms with van der Waals surface area (Å²) in [6, 6.07) is 21.3. The van der Waals surface area contributed by atoms with Gasteiger partial charge in [-0.3, -0.25) is 14.4 Å². The highest BCUT2D eigenvalue weighted by Crippen LogP contribution is 2.30. The Morgan fingerprint density at radius 3 is 2.40 bits per heavy atom. The van der Waals surface area contributed by atoms with E-state index in [-0.39, 0.29) is 23.0 Å². The molecule has 0 fully saturated rings. The molecule has 178 valence electrons. The van der Waals surface area contributed by atoms with Gasteiger partial charge in [-0.2, -0.15) is 0 Å². The van der Waals surface area contributed by atoms with Crippen LogP contribution in [-0.2, 0) is 20.7 Å². The number of para-hydroxylation sites is 2. The van der Waals surface area contributed by atoms with Gasteiger partial charge in [0, 0.05) is 22.7 Å². The van der Waals surface area contributed by atoms with Gasteiger partial charge in [-0.15, -0.1) is 11.8 Å². The lowest BCUT2D eigenvalue weighted by Crippen LogP contribution is -2.30. The molecule has 0 saturated heterocycles. The summed E-state index contributed by atoms with van der Waals surface area (Å²) < 4.78 is 5.21. The number of anilines is 2. The molecule has 0 unspecified atom stereocenters. The molecule has 2 amide bonds. The molecule has 1 N–H and O–H groups in total. The quantitative estimate of drug-likeness (QED) is 0.288. The SMILES string of the molecule is CC(=O)c1ccccc1NC(=O)COC(=O)c1ccccc1SCC(=O)N1CCc2ccccc21. The summed E-state index contributed by atoms with van der Waals surface area (Å²) in [5.41, 5.74) is 3.10. The number of Topliss-reactive ketones (excluding diaryl/α,β-unsaturated/α-hetero) is 1. The minimum Gasteiger partial charge on any atom is -0.452 e. The molecule has 0 aromatic heterocycles. The average Bonchev–Trinajstić information content (AvgIpc) is 3.30.